The van der Waals surface area contributed by atoms with Gasteiger partial charge in [0.05, 0.1) is 18.9 Å². The smallest absolute Gasteiger partial charge is 0.409 e. The Morgan fingerprint density at radius 1 is 1.32 bits per heavy atom. The van der Waals surface area contributed by atoms with Crippen LogP contribution in [0.5, 0.6) is 0 Å². The van der Waals surface area contributed by atoms with E-state index in [-0.39, 0.29) is 6.09 Å². The van der Waals surface area contributed by atoms with Crippen LogP contribution in [0, 0.1) is 0 Å². The minimum Gasteiger partial charge on any atom is -0.450 e. The lowest BCUT2D eigenvalue weighted by Gasteiger charge is -2.35. The van der Waals surface area contributed by atoms with Gasteiger partial charge in [-0.25, -0.2) is 14.8 Å². The van der Waals surface area contributed by atoms with Crippen molar-refractivity contribution in [2.24, 2.45) is 0 Å². The number of nitrogens with zero attached hydrogens (tertiary/aromatic N) is 4. The SMILES string of the molecule is CCOC(=O)N1CCN(c2cc([C@@H]3CCOC3)nc(COC)n2)CC1. The maximum absolute atomic E-state index is 11.8. The molecule has 25 heavy (non-hydrogen) atoms. The molecule has 0 radical (unpaired) electrons. The van der Waals surface area contributed by atoms with E-state index in [2.05, 4.69) is 20.9 Å². The molecule has 1 amide bonds. The molecule has 0 unspecified atom stereocenters. The van der Waals surface area contributed by atoms with E-state index in [1.807, 2.05) is 6.92 Å². The number of ether oxygens (including phenoxy) is 3. The van der Waals surface area contributed by atoms with Crippen LogP contribution >= 0.6 is 0 Å². The molecule has 8 heteroatoms. The average molecular weight is 350 g/mol. The van der Waals surface area contributed by atoms with E-state index in [4.69, 9.17) is 14.2 Å². The van der Waals surface area contributed by atoms with Crippen LogP contribution in [0.4, 0.5) is 10.6 Å². The molecular formula is C17H26N4O4. The molecule has 1 aromatic rings. The second-order valence-corrected chi connectivity index (χ2v) is 6.23. The summed E-state index contributed by atoms with van der Waals surface area (Å²) in [7, 11) is 1.65. The first kappa shape index (κ1) is 17.9. The number of hydrogen-bond acceptors (Lipinski definition) is 7. The lowest BCUT2D eigenvalue weighted by molar-refractivity contribution is 0.105. The standard InChI is InChI=1S/C17H26N4O4/c1-3-25-17(22)21-7-5-20(6-8-21)16-10-14(13-4-9-24-11-13)18-15(19-16)12-23-2/h10,13H,3-9,11-12H2,1-2H3/t13-/m1/s1. The second-order valence-electron chi connectivity index (χ2n) is 6.23. The molecule has 3 heterocycles. The summed E-state index contributed by atoms with van der Waals surface area (Å²) in [5.74, 6) is 1.90. The van der Waals surface area contributed by atoms with E-state index >= 15 is 0 Å². The van der Waals surface area contributed by atoms with Gasteiger partial charge in [-0.2, -0.15) is 0 Å². The molecule has 0 aromatic carbocycles. The van der Waals surface area contributed by atoms with Gasteiger partial charge in [0.1, 0.15) is 12.4 Å². The Bertz CT molecular complexity index is 584. The summed E-state index contributed by atoms with van der Waals surface area (Å²) < 4.78 is 15.8. The van der Waals surface area contributed by atoms with Crippen LogP contribution in [-0.4, -0.2) is 74.1 Å². The zero-order chi connectivity index (χ0) is 17.6. The van der Waals surface area contributed by atoms with Crippen LogP contribution in [0.3, 0.4) is 0 Å². The Morgan fingerprint density at radius 3 is 2.76 bits per heavy atom. The predicted octanol–water partition coefficient (Wildman–Crippen LogP) is 1.41. The summed E-state index contributed by atoms with van der Waals surface area (Å²) in [5.41, 5.74) is 1.02. The van der Waals surface area contributed by atoms with Crippen molar-refractivity contribution < 1.29 is 19.0 Å². The molecule has 1 aromatic heterocycles. The number of carbonyl (C=O) groups is 1. The number of amides is 1. The van der Waals surface area contributed by atoms with E-state index in [0.29, 0.717) is 44.7 Å². The van der Waals surface area contributed by atoms with Crippen molar-refractivity contribution in [2.75, 3.05) is 58.0 Å². The third-order valence-corrected chi connectivity index (χ3v) is 4.53. The Labute approximate surface area is 148 Å². The molecule has 138 valence electrons. The fourth-order valence-corrected chi connectivity index (χ4v) is 3.17. The van der Waals surface area contributed by atoms with Gasteiger partial charge in [-0.15, -0.1) is 0 Å². The number of piperazine rings is 1. The zero-order valence-electron chi connectivity index (χ0n) is 14.9. The van der Waals surface area contributed by atoms with E-state index in [1.165, 1.54) is 0 Å². The minimum absolute atomic E-state index is 0.242. The van der Waals surface area contributed by atoms with Gasteiger partial charge in [0.25, 0.3) is 0 Å². The topological polar surface area (TPSA) is 77.0 Å². The molecule has 8 nitrogen and oxygen atoms in total. The summed E-state index contributed by atoms with van der Waals surface area (Å²) >= 11 is 0. The second kappa shape index (κ2) is 8.44. The van der Waals surface area contributed by atoms with Crippen molar-refractivity contribution in [2.45, 2.75) is 25.9 Å². The molecule has 3 rings (SSSR count). The van der Waals surface area contributed by atoms with Crippen molar-refractivity contribution in [1.82, 2.24) is 14.9 Å². The van der Waals surface area contributed by atoms with Gasteiger partial charge >= 0.3 is 6.09 Å². The normalized spacial score (nSPS) is 20.8. The highest BCUT2D eigenvalue weighted by Gasteiger charge is 2.25. The van der Waals surface area contributed by atoms with Gasteiger partial charge in [0.2, 0.25) is 0 Å². The molecular weight excluding hydrogens is 324 g/mol. The highest BCUT2D eigenvalue weighted by Crippen LogP contribution is 2.26. The molecule has 2 aliphatic rings. The fraction of sp³-hybridized carbons (Fsp3) is 0.706. The maximum Gasteiger partial charge on any atom is 0.409 e. The summed E-state index contributed by atoms with van der Waals surface area (Å²) in [6.45, 7) is 6.80. The molecule has 2 saturated heterocycles. The largest absolute Gasteiger partial charge is 0.450 e. The van der Waals surface area contributed by atoms with Gasteiger partial charge in [-0.05, 0) is 13.3 Å². The molecule has 0 spiro atoms. The quantitative estimate of drug-likeness (QED) is 0.794. The number of carbonyl (C=O) groups excluding carboxylic acids is 1. The molecule has 0 saturated carbocycles. The van der Waals surface area contributed by atoms with Crippen LogP contribution in [0.15, 0.2) is 6.07 Å². The number of rotatable bonds is 5. The van der Waals surface area contributed by atoms with Gasteiger partial charge in [-0.1, -0.05) is 0 Å². The number of aromatic nitrogens is 2. The highest BCUT2D eigenvalue weighted by molar-refractivity contribution is 5.68. The van der Waals surface area contributed by atoms with Crippen LogP contribution in [0.25, 0.3) is 0 Å². The number of methoxy groups -OCH3 is 1. The van der Waals surface area contributed by atoms with Crippen molar-refractivity contribution in [1.29, 1.82) is 0 Å². The van der Waals surface area contributed by atoms with Crippen molar-refractivity contribution in [3.05, 3.63) is 17.6 Å². The van der Waals surface area contributed by atoms with Crippen LogP contribution in [0.2, 0.25) is 0 Å². The first-order valence-corrected chi connectivity index (χ1v) is 8.82. The summed E-state index contributed by atoms with van der Waals surface area (Å²) in [4.78, 5) is 25.0. The molecule has 1 atom stereocenters. The number of anilines is 1. The fourth-order valence-electron chi connectivity index (χ4n) is 3.17. The van der Waals surface area contributed by atoms with E-state index in [1.54, 1.807) is 12.0 Å². The Kier molecular flexibility index (Phi) is 6.04. The molecule has 0 bridgehead atoms. The molecule has 2 aliphatic heterocycles. The lowest BCUT2D eigenvalue weighted by Crippen LogP contribution is -2.49. The van der Waals surface area contributed by atoms with E-state index < -0.39 is 0 Å². The van der Waals surface area contributed by atoms with Gasteiger partial charge in [0, 0.05) is 51.9 Å². The van der Waals surface area contributed by atoms with Crippen LogP contribution in [-0.2, 0) is 20.8 Å². The van der Waals surface area contributed by atoms with Gasteiger partial charge in [-0.3, -0.25) is 0 Å². The van der Waals surface area contributed by atoms with Crippen molar-refractivity contribution in [3.8, 4) is 0 Å². The van der Waals surface area contributed by atoms with Gasteiger partial charge in [0.15, 0.2) is 5.82 Å². The molecule has 2 fully saturated rings. The van der Waals surface area contributed by atoms with Gasteiger partial charge < -0.3 is 24.0 Å². The highest BCUT2D eigenvalue weighted by atomic mass is 16.6. The monoisotopic (exact) mass is 350 g/mol. The minimum atomic E-state index is -0.242. The first-order chi connectivity index (χ1) is 12.2. The lowest BCUT2D eigenvalue weighted by atomic mass is 10.0. The average Bonchev–Trinajstić information content (AvgIpc) is 3.17. The third kappa shape index (κ3) is 4.38. The summed E-state index contributed by atoms with van der Waals surface area (Å²) in [5, 5.41) is 0. The van der Waals surface area contributed by atoms with E-state index in [0.717, 1.165) is 37.6 Å². The summed E-state index contributed by atoms with van der Waals surface area (Å²) in [6.07, 6.45) is 0.744. The Balaban J connectivity index is 1.72. The molecule has 0 N–H and O–H groups in total. The van der Waals surface area contributed by atoms with Crippen LogP contribution in [0.1, 0.15) is 30.8 Å². The maximum atomic E-state index is 11.8. The van der Waals surface area contributed by atoms with Crippen LogP contribution < -0.4 is 4.90 Å². The predicted molar refractivity (Wildman–Crippen MR) is 91.7 cm³/mol. The Morgan fingerprint density at radius 2 is 2.12 bits per heavy atom. The first-order valence-electron chi connectivity index (χ1n) is 8.82. The van der Waals surface area contributed by atoms with Crippen molar-refractivity contribution in [3.63, 3.8) is 0 Å². The zero-order valence-corrected chi connectivity index (χ0v) is 14.9. The van der Waals surface area contributed by atoms with E-state index in [9.17, 15) is 4.79 Å². The summed E-state index contributed by atoms with van der Waals surface area (Å²) in [6, 6.07) is 2.05. The Hall–Kier alpha value is -1.93. The van der Waals surface area contributed by atoms with Crippen molar-refractivity contribution >= 4 is 11.9 Å². The third-order valence-electron chi connectivity index (χ3n) is 4.53. The molecule has 0 aliphatic carbocycles. The number of hydrogen-bond donors (Lipinski definition) is 0.